The summed E-state index contributed by atoms with van der Waals surface area (Å²) in [5, 5.41) is 6.71. The van der Waals surface area contributed by atoms with E-state index in [-0.39, 0.29) is 0 Å². The number of rotatable bonds is 9. The Morgan fingerprint density at radius 1 is 1.17 bits per heavy atom. The van der Waals surface area contributed by atoms with Gasteiger partial charge in [0.2, 0.25) is 5.91 Å². The number of nitrogens with zero attached hydrogens (tertiary/aromatic N) is 2. The Bertz CT molecular complexity index is 913. The summed E-state index contributed by atoms with van der Waals surface area (Å²) >= 11 is 3.36. The highest BCUT2D eigenvalue weighted by Gasteiger charge is 2.21. The zero-order chi connectivity index (χ0) is 22.1. The second-order valence-electron chi connectivity index (χ2n) is 6.52. The smallest absolute Gasteiger partial charge is 0.252 e. The molecule has 0 aliphatic heterocycles. The summed E-state index contributed by atoms with van der Waals surface area (Å²) in [7, 11) is 1.59. The van der Waals surface area contributed by atoms with Crippen LogP contribution in [0.1, 0.15) is 26.3 Å². The van der Waals surface area contributed by atoms with Crippen molar-refractivity contribution in [3.05, 3.63) is 52.5 Å². The van der Waals surface area contributed by atoms with Crippen LogP contribution in [0.15, 0.2) is 52.0 Å². The maximum atomic E-state index is 12.3. The van der Waals surface area contributed by atoms with E-state index in [9.17, 15) is 9.59 Å². The third-order valence-corrected chi connectivity index (χ3v) is 5.33. The predicted molar refractivity (Wildman–Crippen MR) is 124 cm³/mol. The number of ether oxygens (including phenoxy) is 1. The number of nitrogens with one attached hydrogen (secondary N) is 2. The SMILES string of the molecule is CCN(CC)c1ccc(C=NNC(=O)C(C)C(=O)Nc2ccccc2Br)c(OC)c1. The van der Waals surface area contributed by atoms with E-state index in [1.807, 2.05) is 30.3 Å². The minimum Gasteiger partial charge on any atom is -0.496 e. The van der Waals surface area contributed by atoms with E-state index in [0.717, 1.165) is 28.8 Å². The number of halogens is 1. The summed E-state index contributed by atoms with van der Waals surface area (Å²) in [6.45, 7) is 7.49. The van der Waals surface area contributed by atoms with Gasteiger partial charge in [0.1, 0.15) is 11.7 Å². The number of anilines is 2. The van der Waals surface area contributed by atoms with Crippen LogP contribution in [-0.2, 0) is 9.59 Å². The Balaban J connectivity index is 2.01. The molecule has 0 heterocycles. The average Bonchev–Trinajstić information content (AvgIpc) is 2.76. The van der Waals surface area contributed by atoms with Crippen molar-refractivity contribution in [2.24, 2.45) is 11.0 Å². The number of amides is 2. The fourth-order valence-corrected chi connectivity index (χ4v) is 3.16. The fourth-order valence-electron chi connectivity index (χ4n) is 2.78. The van der Waals surface area contributed by atoms with Crippen molar-refractivity contribution in [2.75, 3.05) is 30.4 Å². The highest BCUT2D eigenvalue weighted by atomic mass is 79.9. The topological polar surface area (TPSA) is 83.0 Å². The summed E-state index contributed by atoms with van der Waals surface area (Å²) in [6, 6.07) is 13.0. The Morgan fingerprint density at radius 3 is 2.50 bits per heavy atom. The third kappa shape index (κ3) is 6.06. The van der Waals surface area contributed by atoms with Crippen molar-refractivity contribution in [1.82, 2.24) is 5.43 Å². The molecule has 0 bridgehead atoms. The van der Waals surface area contributed by atoms with Crippen molar-refractivity contribution in [1.29, 1.82) is 0 Å². The Labute approximate surface area is 185 Å². The van der Waals surface area contributed by atoms with E-state index >= 15 is 0 Å². The Morgan fingerprint density at radius 2 is 1.87 bits per heavy atom. The molecule has 2 rings (SSSR count). The number of carbonyl (C=O) groups excluding carboxylic acids is 2. The summed E-state index contributed by atoms with van der Waals surface area (Å²) in [5.74, 6) is -1.19. The van der Waals surface area contributed by atoms with Crippen LogP contribution in [0, 0.1) is 5.92 Å². The highest BCUT2D eigenvalue weighted by molar-refractivity contribution is 9.10. The molecule has 0 saturated carbocycles. The molecule has 1 unspecified atom stereocenters. The molecule has 0 spiro atoms. The van der Waals surface area contributed by atoms with Gasteiger partial charge < -0.3 is 15.0 Å². The molecule has 7 nitrogen and oxygen atoms in total. The molecule has 0 radical (unpaired) electrons. The number of hydrazone groups is 1. The van der Waals surface area contributed by atoms with Crippen LogP contribution < -0.4 is 20.4 Å². The second-order valence-corrected chi connectivity index (χ2v) is 7.38. The van der Waals surface area contributed by atoms with Gasteiger partial charge in [-0.15, -0.1) is 0 Å². The number of carbonyl (C=O) groups is 2. The van der Waals surface area contributed by atoms with Crippen LogP contribution >= 0.6 is 15.9 Å². The number of benzene rings is 2. The minimum atomic E-state index is -0.916. The van der Waals surface area contributed by atoms with Crippen molar-refractivity contribution >= 4 is 45.3 Å². The number of hydrogen-bond acceptors (Lipinski definition) is 5. The van der Waals surface area contributed by atoms with E-state index in [4.69, 9.17) is 4.74 Å². The molecule has 2 aromatic rings. The van der Waals surface area contributed by atoms with Crippen LogP contribution in [0.3, 0.4) is 0 Å². The summed E-state index contributed by atoms with van der Waals surface area (Å²) in [4.78, 5) is 26.8. The monoisotopic (exact) mass is 474 g/mol. The van der Waals surface area contributed by atoms with Crippen molar-refractivity contribution in [3.8, 4) is 5.75 Å². The van der Waals surface area contributed by atoms with Gasteiger partial charge in [0.15, 0.2) is 0 Å². The molecular formula is C22H27BrN4O3. The largest absolute Gasteiger partial charge is 0.496 e. The summed E-state index contributed by atoms with van der Waals surface area (Å²) < 4.78 is 6.19. The molecule has 2 amide bonds. The molecule has 160 valence electrons. The zero-order valence-electron chi connectivity index (χ0n) is 17.6. The quantitative estimate of drug-likeness (QED) is 0.326. The number of methoxy groups -OCH3 is 1. The van der Waals surface area contributed by atoms with Gasteiger partial charge in [0.25, 0.3) is 5.91 Å². The van der Waals surface area contributed by atoms with E-state index < -0.39 is 17.7 Å². The Hall–Kier alpha value is -2.87. The molecule has 0 aliphatic carbocycles. The second kappa shape index (κ2) is 11.3. The fraction of sp³-hybridized carbons (Fsp3) is 0.318. The van der Waals surface area contributed by atoms with Gasteiger partial charge in [0.05, 0.1) is 19.0 Å². The lowest BCUT2D eigenvalue weighted by atomic mass is 10.1. The van der Waals surface area contributed by atoms with Gasteiger partial charge in [-0.2, -0.15) is 5.10 Å². The molecule has 0 fully saturated rings. The molecule has 30 heavy (non-hydrogen) atoms. The molecule has 1 atom stereocenters. The van der Waals surface area contributed by atoms with Crippen LogP contribution in [-0.4, -0.2) is 38.2 Å². The first-order chi connectivity index (χ1) is 14.4. The van der Waals surface area contributed by atoms with Gasteiger partial charge in [-0.3, -0.25) is 9.59 Å². The van der Waals surface area contributed by atoms with Gasteiger partial charge in [0, 0.05) is 34.9 Å². The lowest BCUT2D eigenvalue weighted by molar-refractivity contribution is -0.131. The molecule has 0 aliphatic rings. The predicted octanol–water partition coefficient (Wildman–Crippen LogP) is 4.03. The van der Waals surface area contributed by atoms with Crippen LogP contribution in [0.4, 0.5) is 11.4 Å². The number of para-hydroxylation sites is 1. The van der Waals surface area contributed by atoms with Gasteiger partial charge >= 0.3 is 0 Å². The summed E-state index contributed by atoms with van der Waals surface area (Å²) in [5.41, 5.74) is 4.79. The van der Waals surface area contributed by atoms with Crippen molar-refractivity contribution in [2.45, 2.75) is 20.8 Å². The first-order valence-electron chi connectivity index (χ1n) is 9.72. The molecule has 8 heteroatoms. The van der Waals surface area contributed by atoms with Crippen molar-refractivity contribution < 1.29 is 14.3 Å². The number of hydrogen-bond donors (Lipinski definition) is 2. The molecule has 2 N–H and O–H groups in total. The van der Waals surface area contributed by atoms with E-state index in [2.05, 4.69) is 50.5 Å². The molecule has 0 saturated heterocycles. The van der Waals surface area contributed by atoms with Gasteiger partial charge in [-0.05, 0) is 61.0 Å². The summed E-state index contributed by atoms with van der Waals surface area (Å²) in [6.07, 6.45) is 1.50. The van der Waals surface area contributed by atoms with E-state index in [1.54, 1.807) is 19.2 Å². The standard InChI is InChI=1S/C22H27BrN4O3/c1-5-27(6-2)17-12-11-16(20(13-17)30-4)14-24-26-22(29)15(3)21(28)25-19-10-8-7-9-18(19)23/h7-15H,5-6H2,1-4H3,(H,25,28)(H,26,29). The first-order valence-corrected chi connectivity index (χ1v) is 10.5. The normalized spacial score (nSPS) is 11.8. The third-order valence-electron chi connectivity index (χ3n) is 4.64. The first kappa shape index (κ1) is 23.4. The lowest BCUT2D eigenvalue weighted by Gasteiger charge is -2.22. The molecule has 0 aromatic heterocycles. The maximum absolute atomic E-state index is 12.3. The average molecular weight is 475 g/mol. The van der Waals surface area contributed by atoms with Crippen LogP contribution in [0.25, 0.3) is 0 Å². The maximum Gasteiger partial charge on any atom is 0.252 e. The molecular weight excluding hydrogens is 448 g/mol. The van der Waals surface area contributed by atoms with Crippen molar-refractivity contribution in [3.63, 3.8) is 0 Å². The van der Waals surface area contributed by atoms with Crippen LogP contribution in [0.2, 0.25) is 0 Å². The van der Waals surface area contributed by atoms with E-state index in [1.165, 1.54) is 13.1 Å². The Kier molecular flexibility index (Phi) is 8.86. The lowest BCUT2D eigenvalue weighted by Crippen LogP contribution is -2.34. The van der Waals surface area contributed by atoms with Gasteiger partial charge in [-0.25, -0.2) is 5.43 Å². The zero-order valence-corrected chi connectivity index (χ0v) is 19.2. The highest BCUT2D eigenvalue weighted by Crippen LogP contribution is 2.25. The van der Waals surface area contributed by atoms with E-state index in [0.29, 0.717) is 11.4 Å². The molecule has 2 aromatic carbocycles. The minimum absolute atomic E-state index is 0.421. The van der Waals surface area contributed by atoms with Crippen LogP contribution in [0.5, 0.6) is 5.75 Å². The van der Waals surface area contributed by atoms with Gasteiger partial charge in [-0.1, -0.05) is 12.1 Å².